The Balaban J connectivity index is 2.76. The Morgan fingerprint density at radius 1 is 1.41 bits per heavy atom. The fourth-order valence-corrected chi connectivity index (χ4v) is 1.08. The normalized spacial score (nSPS) is 11.1. The predicted molar refractivity (Wildman–Crippen MR) is 61.4 cm³/mol. The number of amides is 2. The van der Waals surface area contributed by atoms with Crippen LogP contribution in [-0.2, 0) is 4.79 Å². The van der Waals surface area contributed by atoms with Gasteiger partial charge in [0, 0.05) is 16.2 Å². The zero-order valence-electron chi connectivity index (χ0n) is 9.12. The maximum Gasteiger partial charge on any atom is 0.251 e. The van der Waals surface area contributed by atoms with E-state index < -0.39 is 17.9 Å². The molecule has 0 aromatic heterocycles. The van der Waals surface area contributed by atoms with Crippen LogP contribution < -0.4 is 11.1 Å². The van der Waals surface area contributed by atoms with Crippen molar-refractivity contribution in [2.75, 3.05) is 0 Å². The molecule has 1 aromatic rings. The summed E-state index contributed by atoms with van der Waals surface area (Å²) in [5.74, 6) is -1.02. The second-order valence-electron chi connectivity index (χ2n) is 3.33. The van der Waals surface area contributed by atoms with E-state index in [1.165, 1.54) is 31.2 Å². The van der Waals surface area contributed by atoms with Crippen molar-refractivity contribution in [2.45, 2.75) is 13.0 Å². The Labute approximate surface area is 97.2 Å². The number of carbonyl (C=O) groups excluding carboxylic acids is 2. The zero-order valence-corrected chi connectivity index (χ0v) is 9.12. The minimum absolute atomic E-state index is 0.356. The topological polar surface area (TPSA) is 121 Å². The number of azide groups is 1. The molecule has 0 fully saturated rings. The van der Waals surface area contributed by atoms with Gasteiger partial charge in [0.2, 0.25) is 5.91 Å². The fourth-order valence-electron chi connectivity index (χ4n) is 1.08. The number of nitrogens with two attached hydrogens (primary N) is 1. The highest BCUT2D eigenvalue weighted by Crippen LogP contribution is 2.12. The van der Waals surface area contributed by atoms with Gasteiger partial charge >= 0.3 is 0 Å². The number of nitrogens with zero attached hydrogens (tertiary/aromatic N) is 3. The lowest BCUT2D eigenvalue weighted by Gasteiger charge is -2.09. The second kappa shape index (κ2) is 5.53. The van der Waals surface area contributed by atoms with E-state index in [0.29, 0.717) is 11.3 Å². The average molecular weight is 233 g/mol. The molecule has 2 amide bonds. The number of nitrogens with one attached hydrogen (secondary N) is 1. The SMILES string of the molecule is CC(NC(=O)c1ccc(N=[N+]=[N-])cc1)C(N)=O. The summed E-state index contributed by atoms with van der Waals surface area (Å²) in [7, 11) is 0. The molecule has 0 heterocycles. The molecular formula is C10H11N5O2. The van der Waals surface area contributed by atoms with Gasteiger partial charge in [-0.25, -0.2) is 0 Å². The summed E-state index contributed by atoms with van der Waals surface area (Å²) < 4.78 is 0. The Morgan fingerprint density at radius 2 is 2.00 bits per heavy atom. The minimum Gasteiger partial charge on any atom is -0.368 e. The zero-order chi connectivity index (χ0) is 12.8. The summed E-state index contributed by atoms with van der Waals surface area (Å²) >= 11 is 0. The average Bonchev–Trinajstić information content (AvgIpc) is 2.30. The summed E-state index contributed by atoms with van der Waals surface area (Å²) in [5.41, 5.74) is 14.0. The molecule has 0 radical (unpaired) electrons. The summed E-state index contributed by atoms with van der Waals surface area (Å²) in [6.45, 7) is 1.49. The van der Waals surface area contributed by atoms with Gasteiger partial charge in [-0.1, -0.05) is 17.2 Å². The molecule has 7 nitrogen and oxygen atoms in total. The first kappa shape index (κ1) is 12.5. The third-order valence-electron chi connectivity index (χ3n) is 2.06. The molecule has 3 N–H and O–H groups in total. The number of primary amides is 1. The Bertz CT molecular complexity index is 476. The molecule has 0 saturated heterocycles. The van der Waals surface area contributed by atoms with Crippen molar-refractivity contribution in [1.29, 1.82) is 0 Å². The van der Waals surface area contributed by atoms with Crippen molar-refractivity contribution in [3.05, 3.63) is 40.3 Å². The predicted octanol–water partition coefficient (Wildman–Crippen LogP) is 1.23. The second-order valence-corrected chi connectivity index (χ2v) is 3.33. The molecule has 17 heavy (non-hydrogen) atoms. The van der Waals surface area contributed by atoms with Gasteiger partial charge in [-0.15, -0.1) is 0 Å². The lowest BCUT2D eigenvalue weighted by atomic mass is 10.2. The lowest BCUT2D eigenvalue weighted by Crippen LogP contribution is -2.42. The molecule has 0 bridgehead atoms. The molecule has 88 valence electrons. The molecule has 0 spiro atoms. The van der Waals surface area contributed by atoms with Gasteiger partial charge in [-0.2, -0.15) is 0 Å². The van der Waals surface area contributed by atoms with Crippen molar-refractivity contribution in [3.63, 3.8) is 0 Å². The maximum absolute atomic E-state index is 11.6. The monoisotopic (exact) mass is 233 g/mol. The van der Waals surface area contributed by atoms with Crippen molar-refractivity contribution < 1.29 is 9.59 Å². The van der Waals surface area contributed by atoms with E-state index in [0.717, 1.165) is 0 Å². The van der Waals surface area contributed by atoms with E-state index in [4.69, 9.17) is 11.3 Å². The van der Waals surface area contributed by atoms with Crippen molar-refractivity contribution >= 4 is 17.5 Å². The lowest BCUT2D eigenvalue weighted by molar-refractivity contribution is -0.119. The maximum atomic E-state index is 11.6. The van der Waals surface area contributed by atoms with Gasteiger partial charge in [-0.05, 0) is 24.6 Å². The molecule has 1 atom stereocenters. The number of hydrogen-bond acceptors (Lipinski definition) is 3. The minimum atomic E-state index is -0.737. The van der Waals surface area contributed by atoms with Gasteiger partial charge in [0.05, 0.1) is 0 Å². The van der Waals surface area contributed by atoms with Gasteiger partial charge in [0.1, 0.15) is 6.04 Å². The van der Waals surface area contributed by atoms with Crippen LogP contribution >= 0.6 is 0 Å². The molecule has 0 saturated carbocycles. The van der Waals surface area contributed by atoms with Crippen molar-refractivity contribution in [1.82, 2.24) is 5.32 Å². The summed E-state index contributed by atoms with van der Waals surface area (Å²) in [6, 6.07) is 5.26. The number of rotatable bonds is 4. The third-order valence-corrected chi connectivity index (χ3v) is 2.06. The Morgan fingerprint density at radius 3 is 2.47 bits per heavy atom. The van der Waals surface area contributed by atoms with Crippen LogP contribution in [0, 0.1) is 0 Å². The Hall–Kier alpha value is -2.53. The first-order valence-corrected chi connectivity index (χ1v) is 4.80. The van der Waals surface area contributed by atoms with Crippen LogP contribution in [0.25, 0.3) is 10.4 Å². The van der Waals surface area contributed by atoms with E-state index in [9.17, 15) is 9.59 Å². The highest BCUT2D eigenvalue weighted by molar-refractivity contribution is 5.97. The van der Waals surface area contributed by atoms with Crippen LogP contribution in [0.2, 0.25) is 0 Å². The number of hydrogen-bond donors (Lipinski definition) is 2. The van der Waals surface area contributed by atoms with Gasteiger partial charge < -0.3 is 11.1 Å². The highest BCUT2D eigenvalue weighted by Gasteiger charge is 2.13. The standard InChI is InChI=1S/C10H11N5O2/c1-6(9(11)16)13-10(17)7-2-4-8(5-3-7)14-15-12/h2-6H,1H3,(H2,11,16)(H,13,17). The van der Waals surface area contributed by atoms with Crippen LogP contribution in [0.3, 0.4) is 0 Å². The highest BCUT2D eigenvalue weighted by atomic mass is 16.2. The van der Waals surface area contributed by atoms with E-state index in [2.05, 4.69) is 15.3 Å². The van der Waals surface area contributed by atoms with E-state index in [-0.39, 0.29) is 0 Å². The molecule has 1 unspecified atom stereocenters. The smallest absolute Gasteiger partial charge is 0.251 e. The van der Waals surface area contributed by atoms with Crippen molar-refractivity contribution in [2.24, 2.45) is 10.8 Å². The Kier molecular flexibility index (Phi) is 4.08. The van der Waals surface area contributed by atoms with Crippen LogP contribution in [0.4, 0.5) is 5.69 Å². The molecule has 1 aromatic carbocycles. The summed E-state index contributed by atoms with van der Waals surface area (Å²) in [6.07, 6.45) is 0. The molecule has 0 aliphatic rings. The largest absolute Gasteiger partial charge is 0.368 e. The van der Waals surface area contributed by atoms with Crippen LogP contribution in [-0.4, -0.2) is 17.9 Å². The summed E-state index contributed by atoms with van der Waals surface area (Å²) in [5, 5.41) is 5.80. The van der Waals surface area contributed by atoms with Crippen LogP contribution in [0.15, 0.2) is 29.4 Å². The first-order chi connectivity index (χ1) is 8.04. The first-order valence-electron chi connectivity index (χ1n) is 4.80. The van der Waals surface area contributed by atoms with Crippen LogP contribution in [0.5, 0.6) is 0 Å². The summed E-state index contributed by atoms with van der Waals surface area (Å²) in [4.78, 5) is 25.0. The fraction of sp³-hybridized carbons (Fsp3) is 0.200. The quantitative estimate of drug-likeness (QED) is 0.461. The third kappa shape index (κ3) is 3.51. The number of carbonyl (C=O) groups is 2. The molecule has 1 rings (SSSR count). The van der Waals surface area contributed by atoms with Gasteiger partial charge in [0.25, 0.3) is 5.91 Å². The molecule has 0 aliphatic heterocycles. The van der Waals surface area contributed by atoms with E-state index >= 15 is 0 Å². The molecule has 7 heteroatoms. The van der Waals surface area contributed by atoms with Gasteiger partial charge in [0.15, 0.2) is 0 Å². The molecular weight excluding hydrogens is 222 g/mol. The van der Waals surface area contributed by atoms with Gasteiger partial charge in [-0.3, -0.25) is 9.59 Å². The van der Waals surface area contributed by atoms with E-state index in [1.54, 1.807) is 0 Å². The van der Waals surface area contributed by atoms with Crippen molar-refractivity contribution in [3.8, 4) is 0 Å². The van der Waals surface area contributed by atoms with E-state index in [1.807, 2.05) is 0 Å². The van der Waals surface area contributed by atoms with Crippen LogP contribution in [0.1, 0.15) is 17.3 Å². The molecule has 0 aliphatic carbocycles. The number of benzene rings is 1.